The van der Waals surface area contributed by atoms with Crippen molar-refractivity contribution in [1.82, 2.24) is 0 Å². The lowest BCUT2D eigenvalue weighted by Gasteiger charge is -2.38. The van der Waals surface area contributed by atoms with Crippen molar-refractivity contribution >= 4 is 23.1 Å². The van der Waals surface area contributed by atoms with Crippen LogP contribution in [0.3, 0.4) is 0 Å². The molecule has 1 heterocycles. The van der Waals surface area contributed by atoms with Crippen LogP contribution in [0.5, 0.6) is 0 Å². The molecule has 0 fully saturated rings. The molecule has 1 aliphatic carbocycles. The summed E-state index contributed by atoms with van der Waals surface area (Å²) in [7, 11) is 0. The number of nitro benzene ring substituents is 1. The van der Waals surface area contributed by atoms with Crippen molar-refractivity contribution in [1.29, 1.82) is 0 Å². The average Bonchev–Trinajstić information content (AvgIpc) is 2.73. The van der Waals surface area contributed by atoms with E-state index in [-0.39, 0.29) is 35.4 Å². The normalized spacial score (nSPS) is 19.3. The summed E-state index contributed by atoms with van der Waals surface area (Å²) in [6.07, 6.45) is 2.69. The Kier molecular flexibility index (Phi) is 5.01. The Hall–Kier alpha value is -3.28. The van der Waals surface area contributed by atoms with Gasteiger partial charge < -0.3 is 0 Å². The Morgan fingerprint density at radius 3 is 2.48 bits per heavy atom. The number of hydrogen-bond acceptors (Lipinski definition) is 4. The Morgan fingerprint density at radius 2 is 1.79 bits per heavy atom. The summed E-state index contributed by atoms with van der Waals surface area (Å²) in [6, 6.07) is 14.3. The van der Waals surface area contributed by atoms with Crippen molar-refractivity contribution in [2.75, 3.05) is 4.90 Å². The second-order valence-electron chi connectivity index (χ2n) is 7.46. The number of carbonyl (C=O) groups is 2. The van der Waals surface area contributed by atoms with Crippen molar-refractivity contribution < 1.29 is 14.5 Å². The Bertz CT molecular complexity index is 1020. The van der Waals surface area contributed by atoms with E-state index in [4.69, 9.17) is 0 Å². The minimum Gasteiger partial charge on any atom is -0.294 e. The number of ketones is 1. The summed E-state index contributed by atoms with van der Waals surface area (Å²) in [5.74, 6) is -0.473. The predicted molar refractivity (Wildman–Crippen MR) is 110 cm³/mol. The van der Waals surface area contributed by atoms with Gasteiger partial charge in [-0.2, -0.15) is 0 Å². The number of aryl methyl sites for hydroxylation is 1. The first-order chi connectivity index (χ1) is 14.0. The molecule has 4 rings (SSSR count). The molecule has 6 nitrogen and oxygen atoms in total. The molecular weight excluding hydrogens is 368 g/mol. The monoisotopic (exact) mass is 390 g/mol. The second kappa shape index (κ2) is 7.62. The molecule has 0 bridgehead atoms. The SMILES string of the molecule is CCc1ccc(C2CC(=O)N(c3ccccc3[N+](=O)[O-])C3=C2C(=O)CCC3)cc1. The smallest absolute Gasteiger partial charge is 0.293 e. The largest absolute Gasteiger partial charge is 0.294 e. The quantitative estimate of drug-likeness (QED) is 0.560. The van der Waals surface area contributed by atoms with E-state index >= 15 is 0 Å². The minimum absolute atomic E-state index is 0.0342. The molecule has 1 amide bonds. The number of nitrogens with zero attached hydrogens (tertiary/aromatic N) is 2. The van der Waals surface area contributed by atoms with Gasteiger partial charge in [-0.25, -0.2) is 0 Å². The first kappa shape index (κ1) is 19.1. The molecule has 1 atom stereocenters. The fourth-order valence-electron chi connectivity index (χ4n) is 4.35. The molecule has 2 aromatic carbocycles. The number of anilines is 1. The highest BCUT2D eigenvalue weighted by Crippen LogP contribution is 2.45. The first-order valence-electron chi connectivity index (χ1n) is 9.92. The van der Waals surface area contributed by atoms with Crippen molar-refractivity contribution in [3.05, 3.63) is 81.0 Å². The number of amides is 1. The van der Waals surface area contributed by atoms with Gasteiger partial charge in [0.25, 0.3) is 5.69 Å². The van der Waals surface area contributed by atoms with Crippen molar-refractivity contribution in [3.8, 4) is 0 Å². The number of carbonyl (C=O) groups excluding carboxylic acids is 2. The summed E-state index contributed by atoms with van der Waals surface area (Å²) in [5, 5.41) is 11.5. The van der Waals surface area contributed by atoms with Gasteiger partial charge in [0, 0.05) is 36.1 Å². The first-order valence-corrected chi connectivity index (χ1v) is 9.92. The molecule has 1 aliphatic heterocycles. The molecular formula is C23H22N2O4. The van der Waals surface area contributed by atoms with Crippen LogP contribution < -0.4 is 4.90 Å². The molecule has 6 heteroatoms. The fraction of sp³-hybridized carbons (Fsp3) is 0.304. The molecule has 148 valence electrons. The maximum absolute atomic E-state index is 13.2. The molecule has 1 unspecified atom stereocenters. The summed E-state index contributed by atoms with van der Waals surface area (Å²) in [5.41, 5.74) is 3.51. The van der Waals surface area contributed by atoms with E-state index in [0.29, 0.717) is 30.5 Å². The summed E-state index contributed by atoms with van der Waals surface area (Å²) >= 11 is 0. The Morgan fingerprint density at radius 1 is 1.07 bits per heavy atom. The topological polar surface area (TPSA) is 80.5 Å². The lowest BCUT2D eigenvalue weighted by Crippen LogP contribution is -2.40. The van der Waals surface area contributed by atoms with Crippen LogP contribution in [-0.2, 0) is 16.0 Å². The predicted octanol–water partition coefficient (Wildman–Crippen LogP) is 4.68. The Labute approximate surface area is 169 Å². The average molecular weight is 390 g/mol. The van der Waals surface area contributed by atoms with Gasteiger partial charge in [0.15, 0.2) is 5.78 Å². The van der Waals surface area contributed by atoms with Crippen LogP contribution in [-0.4, -0.2) is 16.6 Å². The summed E-state index contributed by atoms with van der Waals surface area (Å²) < 4.78 is 0. The maximum atomic E-state index is 13.2. The number of nitro groups is 1. The number of benzene rings is 2. The number of allylic oxidation sites excluding steroid dienone is 2. The standard InChI is InChI=1S/C23H22N2O4/c1-2-15-10-12-16(13-11-15)17-14-22(27)24(20-8-5-9-21(26)23(17)20)18-6-3-4-7-19(18)25(28)29/h3-4,6-7,10-13,17H,2,5,8-9,14H2,1H3. The molecule has 0 aromatic heterocycles. The van der Waals surface area contributed by atoms with Crippen LogP contribution in [0.25, 0.3) is 0 Å². The van der Waals surface area contributed by atoms with Crippen LogP contribution in [0.4, 0.5) is 11.4 Å². The number of hydrogen-bond donors (Lipinski definition) is 0. The zero-order chi connectivity index (χ0) is 20.5. The fourth-order valence-corrected chi connectivity index (χ4v) is 4.35. The van der Waals surface area contributed by atoms with Gasteiger partial charge in [-0.15, -0.1) is 0 Å². The van der Waals surface area contributed by atoms with Crippen molar-refractivity contribution in [2.45, 2.75) is 44.9 Å². The molecule has 0 N–H and O–H groups in total. The lowest BCUT2D eigenvalue weighted by molar-refractivity contribution is -0.384. The van der Waals surface area contributed by atoms with Crippen molar-refractivity contribution in [2.24, 2.45) is 0 Å². The molecule has 0 radical (unpaired) electrons. The van der Waals surface area contributed by atoms with Crippen LogP contribution in [0.2, 0.25) is 0 Å². The minimum atomic E-state index is -0.483. The van der Waals surface area contributed by atoms with E-state index in [9.17, 15) is 19.7 Å². The molecule has 0 spiro atoms. The van der Waals surface area contributed by atoms with Gasteiger partial charge in [0.05, 0.1) is 4.92 Å². The molecule has 29 heavy (non-hydrogen) atoms. The highest BCUT2D eigenvalue weighted by molar-refractivity contribution is 6.08. The zero-order valence-corrected chi connectivity index (χ0v) is 16.3. The van der Waals surface area contributed by atoms with Crippen molar-refractivity contribution in [3.63, 3.8) is 0 Å². The van der Waals surface area contributed by atoms with Crippen LogP contribution in [0.15, 0.2) is 59.8 Å². The van der Waals surface area contributed by atoms with E-state index in [1.807, 2.05) is 24.3 Å². The van der Waals surface area contributed by atoms with E-state index in [0.717, 1.165) is 12.0 Å². The van der Waals surface area contributed by atoms with Gasteiger partial charge in [-0.1, -0.05) is 43.3 Å². The van der Waals surface area contributed by atoms with E-state index in [2.05, 4.69) is 6.92 Å². The zero-order valence-electron chi connectivity index (χ0n) is 16.3. The van der Waals surface area contributed by atoms with Gasteiger partial charge in [-0.05, 0) is 36.5 Å². The van der Waals surface area contributed by atoms with Crippen LogP contribution in [0, 0.1) is 10.1 Å². The van der Waals surface area contributed by atoms with Gasteiger partial charge in [0.2, 0.25) is 5.91 Å². The van der Waals surface area contributed by atoms with Gasteiger partial charge in [-0.3, -0.25) is 24.6 Å². The molecule has 0 saturated heterocycles. The molecule has 0 saturated carbocycles. The highest BCUT2D eigenvalue weighted by Gasteiger charge is 2.41. The van der Waals surface area contributed by atoms with Crippen LogP contribution in [0.1, 0.15) is 49.7 Å². The van der Waals surface area contributed by atoms with E-state index in [1.54, 1.807) is 18.2 Å². The summed E-state index contributed by atoms with van der Waals surface area (Å²) in [4.78, 5) is 38.6. The second-order valence-corrected chi connectivity index (χ2v) is 7.46. The van der Waals surface area contributed by atoms with Gasteiger partial charge >= 0.3 is 0 Å². The summed E-state index contributed by atoms with van der Waals surface area (Å²) in [6.45, 7) is 2.08. The third-order valence-corrected chi connectivity index (χ3v) is 5.78. The highest BCUT2D eigenvalue weighted by atomic mass is 16.6. The van der Waals surface area contributed by atoms with E-state index < -0.39 is 4.92 Å². The Balaban J connectivity index is 1.86. The maximum Gasteiger partial charge on any atom is 0.293 e. The number of rotatable bonds is 4. The molecule has 2 aliphatic rings. The lowest BCUT2D eigenvalue weighted by atomic mass is 9.77. The third kappa shape index (κ3) is 3.35. The molecule has 2 aromatic rings. The number of para-hydroxylation sites is 2. The van der Waals surface area contributed by atoms with E-state index in [1.165, 1.54) is 16.5 Å². The van der Waals surface area contributed by atoms with Crippen LogP contribution >= 0.6 is 0 Å². The number of Topliss-reactive ketones (excluding diaryl/α,β-unsaturated/α-hetero) is 1. The van der Waals surface area contributed by atoms with Gasteiger partial charge in [0.1, 0.15) is 5.69 Å². The third-order valence-electron chi connectivity index (χ3n) is 5.78.